The van der Waals surface area contributed by atoms with Crippen molar-refractivity contribution in [1.29, 1.82) is 0 Å². The van der Waals surface area contributed by atoms with Gasteiger partial charge in [0.1, 0.15) is 0 Å². The number of para-hydroxylation sites is 1. The zero-order valence-electron chi connectivity index (χ0n) is 9.95. The predicted octanol–water partition coefficient (Wildman–Crippen LogP) is 2.38. The number of phenols is 2. The molecule has 92 valence electrons. The Morgan fingerprint density at radius 3 is 2.65 bits per heavy atom. The largest absolute Gasteiger partial charge is 0.504 e. The molecule has 1 aromatic carbocycles. The average Bonchev–Trinajstić information content (AvgIpc) is 3.14. The van der Waals surface area contributed by atoms with Crippen LogP contribution in [0.5, 0.6) is 11.5 Å². The minimum atomic E-state index is -0.0346. The van der Waals surface area contributed by atoms with Crippen molar-refractivity contribution in [3.63, 3.8) is 0 Å². The Morgan fingerprint density at radius 1 is 1.24 bits per heavy atom. The third-order valence-corrected chi connectivity index (χ3v) is 4.23. The van der Waals surface area contributed by atoms with E-state index in [0.29, 0.717) is 12.0 Å². The Bertz CT molecular complexity index is 422. The highest BCUT2D eigenvalue weighted by Gasteiger charge is 2.53. The molecular formula is C14H19NO2. The van der Waals surface area contributed by atoms with Crippen LogP contribution in [0, 0.1) is 11.3 Å². The minimum absolute atomic E-state index is 0.0104. The lowest BCUT2D eigenvalue weighted by Crippen LogP contribution is -2.25. The quantitative estimate of drug-likeness (QED) is 0.684. The highest BCUT2D eigenvalue weighted by Crippen LogP contribution is 2.60. The molecule has 0 saturated heterocycles. The van der Waals surface area contributed by atoms with Crippen molar-refractivity contribution in [2.45, 2.75) is 32.2 Å². The number of hydrogen-bond donors (Lipinski definition) is 3. The van der Waals surface area contributed by atoms with Crippen LogP contribution in [0.3, 0.4) is 0 Å². The van der Waals surface area contributed by atoms with Gasteiger partial charge in [0.05, 0.1) is 0 Å². The van der Waals surface area contributed by atoms with Gasteiger partial charge in [0.2, 0.25) is 0 Å². The molecule has 1 aromatic rings. The number of nitrogens with one attached hydrogen (secondary N) is 1. The molecule has 0 radical (unpaired) electrons. The summed E-state index contributed by atoms with van der Waals surface area (Å²) < 4.78 is 0. The minimum Gasteiger partial charge on any atom is -0.504 e. The molecule has 17 heavy (non-hydrogen) atoms. The molecule has 0 atom stereocenters. The smallest absolute Gasteiger partial charge is 0.161 e. The second kappa shape index (κ2) is 3.91. The summed E-state index contributed by atoms with van der Waals surface area (Å²) in [5, 5.41) is 22.5. The second-order valence-corrected chi connectivity index (χ2v) is 5.53. The van der Waals surface area contributed by atoms with Gasteiger partial charge in [-0.2, -0.15) is 0 Å². The Kier molecular flexibility index (Phi) is 2.51. The Morgan fingerprint density at radius 2 is 2.00 bits per heavy atom. The van der Waals surface area contributed by atoms with Crippen LogP contribution in [0.2, 0.25) is 0 Å². The van der Waals surface area contributed by atoms with Crippen molar-refractivity contribution in [3.05, 3.63) is 23.8 Å². The van der Waals surface area contributed by atoms with Gasteiger partial charge in [-0.1, -0.05) is 12.1 Å². The van der Waals surface area contributed by atoms with Crippen molar-refractivity contribution < 1.29 is 10.2 Å². The molecule has 0 unspecified atom stereocenters. The number of phenolic OH excluding ortho intramolecular Hbond substituents is 2. The standard InChI is InChI=1S/C14H19NO2/c16-12-3-1-2-10(13(12)17)8-15-9-14(6-7-14)11-4-5-11/h1-3,11,15-17H,4-9H2. The summed E-state index contributed by atoms with van der Waals surface area (Å²) in [5.74, 6) is 0.927. The summed E-state index contributed by atoms with van der Waals surface area (Å²) in [6.45, 7) is 1.68. The molecule has 2 saturated carbocycles. The molecule has 0 spiro atoms. The number of benzene rings is 1. The fourth-order valence-corrected chi connectivity index (χ4v) is 2.75. The molecular weight excluding hydrogens is 214 g/mol. The molecule has 0 heterocycles. The molecule has 0 bridgehead atoms. The molecule has 0 amide bonds. The van der Waals surface area contributed by atoms with Crippen LogP contribution in [-0.4, -0.2) is 16.8 Å². The van der Waals surface area contributed by atoms with Crippen LogP contribution in [0.15, 0.2) is 18.2 Å². The number of aromatic hydroxyl groups is 2. The van der Waals surface area contributed by atoms with Crippen LogP contribution in [-0.2, 0) is 6.54 Å². The van der Waals surface area contributed by atoms with E-state index >= 15 is 0 Å². The summed E-state index contributed by atoms with van der Waals surface area (Å²) in [6, 6.07) is 5.12. The second-order valence-electron chi connectivity index (χ2n) is 5.53. The lowest BCUT2D eigenvalue weighted by molar-refractivity contribution is 0.386. The summed E-state index contributed by atoms with van der Waals surface area (Å²) in [6.07, 6.45) is 5.52. The first-order valence-corrected chi connectivity index (χ1v) is 6.42. The maximum atomic E-state index is 9.67. The van der Waals surface area contributed by atoms with Gasteiger partial charge < -0.3 is 15.5 Å². The fraction of sp³-hybridized carbons (Fsp3) is 0.571. The summed E-state index contributed by atoms with van der Waals surface area (Å²) in [7, 11) is 0. The average molecular weight is 233 g/mol. The van der Waals surface area contributed by atoms with Gasteiger partial charge in [-0.25, -0.2) is 0 Å². The monoisotopic (exact) mass is 233 g/mol. The molecule has 0 aromatic heterocycles. The fourth-order valence-electron chi connectivity index (χ4n) is 2.75. The third-order valence-electron chi connectivity index (χ3n) is 4.23. The molecule has 3 heteroatoms. The van der Waals surface area contributed by atoms with Gasteiger partial charge in [0.25, 0.3) is 0 Å². The van der Waals surface area contributed by atoms with Crippen LogP contribution in [0.25, 0.3) is 0 Å². The zero-order chi connectivity index (χ0) is 11.9. The third kappa shape index (κ3) is 2.12. The SMILES string of the molecule is Oc1cccc(CNCC2(C3CC3)CC2)c1O. The number of hydrogen-bond acceptors (Lipinski definition) is 3. The maximum Gasteiger partial charge on any atom is 0.161 e. The van der Waals surface area contributed by atoms with Gasteiger partial charge in [-0.05, 0) is 43.1 Å². The van der Waals surface area contributed by atoms with Crippen molar-refractivity contribution in [1.82, 2.24) is 5.32 Å². The van der Waals surface area contributed by atoms with Crippen LogP contribution < -0.4 is 5.32 Å². The van der Waals surface area contributed by atoms with E-state index in [9.17, 15) is 10.2 Å². The molecule has 3 N–H and O–H groups in total. The van der Waals surface area contributed by atoms with Crippen molar-refractivity contribution in [2.24, 2.45) is 11.3 Å². The Hall–Kier alpha value is -1.22. The van der Waals surface area contributed by atoms with E-state index in [-0.39, 0.29) is 11.5 Å². The van der Waals surface area contributed by atoms with Crippen LogP contribution >= 0.6 is 0 Å². The van der Waals surface area contributed by atoms with Gasteiger partial charge >= 0.3 is 0 Å². The normalized spacial score (nSPS) is 21.4. The molecule has 2 fully saturated rings. The maximum absolute atomic E-state index is 9.67. The van der Waals surface area contributed by atoms with Crippen LogP contribution in [0.1, 0.15) is 31.2 Å². The number of rotatable bonds is 5. The molecule has 3 rings (SSSR count). The van der Waals surface area contributed by atoms with E-state index < -0.39 is 0 Å². The highest BCUT2D eigenvalue weighted by atomic mass is 16.3. The summed E-state index contributed by atoms with van der Waals surface area (Å²) >= 11 is 0. The van der Waals surface area contributed by atoms with Gasteiger partial charge in [0, 0.05) is 18.7 Å². The predicted molar refractivity (Wildman–Crippen MR) is 65.9 cm³/mol. The molecule has 2 aliphatic carbocycles. The van der Waals surface area contributed by atoms with Crippen molar-refractivity contribution >= 4 is 0 Å². The van der Waals surface area contributed by atoms with Crippen molar-refractivity contribution in [2.75, 3.05) is 6.54 Å². The summed E-state index contributed by atoms with van der Waals surface area (Å²) in [5.41, 5.74) is 1.35. The first kappa shape index (κ1) is 10.9. The first-order valence-electron chi connectivity index (χ1n) is 6.42. The van der Waals surface area contributed by atoms with E-state index in [1.165, 1.54) is 31.7 Å². The Labute approximate surface area is 101 Å². The lowest BCUT2D eigenvalue weighted by atomic mass is 10.0. The zero-order valence-corrected chi connectivity index (χ0v) is 9.95. The van der Waals surface area contributed by atoms with E-state index in [1.807, 2.05) is 6.07 Å². The summed E-state index contributed by atoms with van der Waals surface area (Å²) in [4.78, 5) is 0. The topological polar surface area (TPSA) is 52.5 Å². The first-order chi connectivity index (χ1) is 8.21. The lowest BCUT2D eigenvalue weighted by Gasteiger charge is -2.15. The van der Waals surface area contributed by atoms with Gasteiger partial charge in [0.15, 0.2) is 11.5 Å². The van der Waals surface area contributed by atoms with E-state index in [1.54, 1.807) is 6.07 Å². The Balaban J connectivity index is 1.55. The van der Waals surface area contributed by atoms with E-state index in [4.69, 9.17) is 0 Å². The molecule has 2 aliphatic rings. The van der Waals surface area contributed by atoms with E-state index in [0.717, 1.165) is 18.0 Å². The van der Waals surface area contributed by atoms with Gasteiger partial charge in [-0.15, -0.1) is 0 Å². The van der Waals surface area contributed by atoms with Crippen LogP contribution in [0.4, 0.5) is 0 Å². The highest BCUT2D eigenvalue weighted by molar-refractivity contribution is 5.44. The van der Waals surface area contributed by atoms with Gasteiger partial charge in [-0.3, -0.25) is 0 Å². The molecule has 0 aliphatic heterocycles. The van der Waals surface area contributed by atoms with Crippen molar-refractivity contribution in [3.8, 4) is 11.5 Å². The van der Waals surface area contributed by atoms with E-state index in [2.05, 4.69) is 5.32 Å². The molecule has 3 nitrogen and oxygen atoms in total.